The van der Waals surface area contributed by atoms with E-state index >= 15 is 70.2 Å². The Morgan fingerprint density at radius 1 is 0.140 bits per heavy atom. The third-order valence-electron chi connectivity index (χ3n) is 18.0. The van der Waals surface area contributed by atoms with Gasteiger partial charge in [0.05, 0.1) is 90.1 Å². The molecular weight excluding hydrogens is 2070 g/mol. The summed E-state index contributed by atoms with van der Waals surface area (Å²) in [6, 6.07) is 0. The number of benzene rings is 4. The Morgan fingerprint density at radius 3 is 0.326 bits per heavy atom. The van der Waals surface area contributed by atoms with Crippen molar-refractivity contribution in [2.45, 2.75) is 144 Å². The molecule has 3 aromatic heterocycles. The number of rotatable bonds is 8. The molecule has 2 aliphatic heterocycles. The van der Waals surface area contributed by atoms with Crippen molar-refractivity contribution in [3.8, 4) is 45.6 Å². The zero-order chi connectivity index (χ0) is 100. The van der Waals surface area contributed by atoms with Crippen molar-refractivity contribution in [3.05, 3.63) is 91.0 Å². The van der Waals surface area contributed by atoms with Gasteiger partial charge in [0.1, 0.15) is 46.5 Å². The van der Waals surface area contributed by atoms with Gasteiger partial charge in [0.25, 0.3) is 0 Å². The van der Waals surface area contributed by atoms with Crippen molar-refractivity contribution < 1.29 is 300 Å². The van der Waals surface area contributed by atoms with E-state index in [9.17, 15) is 211 Å². The van der Waals surface area contributed by atoms with Crippen LogP contribution in [0.2, 0.25) is 0 Å². The number of alkyl halides is 56. The number of hydrogen-bond acceptors (Lipinski definition) is 6. The average molecular weight is 2070 g/mol. The standard InChI is InChI=1S/C56F64N8.Zn/c57-17-1-2(18(58)10(34(66,43(79,80)81)44(82,83)84)9(17)33(65,41(73,74)75)42(76,77)78)26-121-25(1)125-27-3-4(20(60)12(36(68,47(91,92)93)48(94,95)96)11(19(3)59)35(67,45(85,86)87)46(88,89)90)29(122-27)127-31-7-8(24(64)16(40(72,55(115,116)117)56(118,119)120)15(23(7)63)39(71,53(109,110)111)54(112,113)114)32(124-31)128-30-6-5(28(123-30)126-26)21(61)13(37(69,49(97,98)99)50(100,101)102)14(22(6)62)38(70,51(103,104)105)52(106,107)108;/q-2;+2. The zero-order valence-corrected chi connectivity index (χ0v) is 59.4. The Kier molecular flexibility index (Phi) is 23.3. The van der Waals surface area contributed by atoms with Crippen LogP contribution in [0.4, 0.5) is 281 Å². The predicted octanol–water partition coefficient (Wildman–Crippen LogP) is 25.6. The van der Waals surface area contributed by atoms with E-state index in [-0.39, 0.29) is 19.5 Å². The monoisotopic (exact) mass is 2060 g/mol. The zero-order valence-electron chi connectivity index (χ0n) is 56.5. The molecule has 714 valence electrons. The molecule has 129 heavy (non-hydrogen) atoms. The first-order valence-corrected chi connectivity index (χ1v) is 29.7. The van der Waals surface area contributed by atoms with E-state index in [1.807, 2.05) is 39.9 Å². The fourth-order valence-corrected chi connectivity index (χ4v) is 12.5. The molecule has 9 rings (SSSR count). The van der Waals surface area contributed by atoms with Crippen molar-refractivity contribution in [3.63, 3.8) is 0 Å². The van der Waals surface area contributed by atoms with Gasteiger partial charge in [0.2, 0.25) is 0 Å². The summed E-state index contributed by atoms with van der Waals surface area (Å²) in [5.74, 6) is -61.7. The third-order valence-corrected chi connectivity index (χ3v) is 18.0. The van der Waals surface area contributed by atoms with Gasteiger partial charge in [-0.25, -0.2) is 80.2 Å². The Balaban J connectivity index is 0.0000206. The molecule has 0 spiro atoms. The second kappa shape index (κ2) is 28.7. The predicted molar refractivity (Wildman–Crippen MR) is 273 cm³/mol. The van der Waals surface area contributed by atoms with Crippen molar-refractivity contribution in [1.82, 2.24) is 39.9 Å². The second-order valence-corrected chi connectivity index (χ2v) is 25.2. The van der Waals surface area contributed by atoms with Gasteiger partial charge in [-0.2, -0.15) is 211 Å². The Bertz CT molecular complexity index is 5100. The summed E-state index contributed by atoms with van der Waals surface area (Å²) in [4.78, 5) is 14.9. The molecular formula is C56F64N8Zn. The van der Waals surface area contributed by atoms with Crippen molar-refractivity contribution in [2.24, 2.45) is 0 Å². The van der Waals surface area contributed by atoms with Crippen LogP contribution in [0.1, 0.15) is 44.5 Å². The van der Waals surface area contributed by atoms with E-state index in [0.29, 0.717) is 0 Å². The average Bonchev–Trinajstić information content (AvgIpc) is 1.59. The molecule has 0 atom stereocenters. The Labute approximate surface area is 664 Å². The van der Waals surface area contributed by atoms with E-state index < -0.39 is 325 Å². The molecule has 0 saturated carbocycles. The normalized spacial score (nSPS) is 15.4. The first-order valence-electron chi connectivity index (χ1n) is 29.7. The second-order valence-electron chi connectivity index (χ2n) is 25.2. The number of aromatic nitrogens is 8. The summed E-state index contributed by atoms with van der Waals surface area (Å²) in [5, 5.41) is -18.1. The summed E-state index contributed by atoms with van der Waals surface area (Å²) in [5.41, 5.74) is -158. The van der Waals surface area contributed by atoms with E-state index in [1.54, 1.807) is 0 Å². The molecule has 0 N–H and O–H groups in total. The summed E-state index contributed by atoms with van der Waals surface area (Å²) in [7, 11) is 0. The van der Waals surface area contributed by atoms with Gasteiger partial charge in [-0.05, 0) is 0 Å². The molecule has 5 heterocycles. The summed E-state index contributed by atoms with van der Waals surface area (Å²) in [6.07, 6.45) is -146. The molecule has 8 bridgehead atoms. The van der Waals surface area contributed by atoms with Crippen LogP contribution in [-0.2, 0) is 64.8 Å². The molecule has 0 aliphatic carbocycles. The van der Waals surface area contributed by atoms with Crippen LogP contribution in [0.15, 0.2) is 0 Å². The molecule has 0 fully saturated rings. The van der Waals surface area contributed by atoms with E-state index in [0.717, 1.165) is 0 Å². The van der Waals surface area contributed by atoms with Gasteiger partial charge >= 0.3 is 164 Å². The maximum atomic E-state index is 17.8. The quantitative estimate of drug-likeness (QED) is 0.109. The number of halogens is 64. The minimum atomic E-state index is -9.24. The van der Waals surface area contributed by atoms with Gasteiger partial charge in [-0.15, -0.1) is 0 Å². The molecule has 4 aromatic carbocycles. The van der Waals surface area contributed by atoms with Crippen LogP contribution in [0, 0.1) is 46.5 Å². The summed E-state index contributed by atoms with van der Waals surface area (Å²) in [6.45, 7) is 0. The molecule has 0 amide bonds. The van der Waals surface area contributed by atoms with Crippen LogP contribution in [0.3, 0.4) is 0 Å². The van der Waals surface area contributed by atoms with Crippen molar-refractivity contribution >= 4 is 44.1 Å². The Morgan fingerprint density at radius 2 is 0.233 bits per heavy atom. The number of hydrogen-bond donors (Lipinski definition) is 0. The minimum absolute atomic E-state index is 0. The molecule has 7 aromatic rings. The minimum Gasteiger partial charge on any atom is -0.357 e. The van der Waals surface area contributed by atoms with Gasteiger partial charge in [0.15, 0.2) is 0 Å². The molecule has 73 heteroatoms. The smallest absolute Gasteiger partial charge is 0.357 e. The van der Waals surface area contributed by atoms with Crippen LogP contribution in [-0.4, -0.2) is 129 Å². The molecule has 2 aliphatic rings. The fraction of sp³-hybridized carbons (Fsp3) is 0.429. The van der Waals surface area contributed by atoms with Gasteiger partial charge in [-0.3, -0.25) is 0 Å². The van der Waals surface area contributed by atoms with Crippen molar-refractivity contribution in [1.29, 1.82) is 0 Å². The van der Waals surface area contributed by atoms with Crippen LogP contribution in [0.25, 0.3) is 89.7 Å². The maximum absolute atomic E-state index is 17.8. The number of nitrogens with zero attached hydrogens (tertiary/aromatic N) is 8. The van der Waals surface area contributed by atoms with E-state index in [2.05, 4.69) is 0 Å². The van der Waals surface area contributed by atoms with Crippen LogP contribution >= 0.6 is 0 Å². The summed E-state index contributed by atoms with van der Waals surface area (Å²) < 4.78 is 988. The van der Waals surface area contributed by atoms with Gasteiger partial charge in [-0.1, -0.05) is 0 Å². The molecule has 0 saturated heterocycles. The fourth-order valence-electron chi connectivity index (χ4n) is 12.5. The van der Waals surface area contributed by atoms with Crippen molar-refractivity contribution in [2.75, 3.05) is 0 Å². The first kappa shape index (κ1) is 105. The first-order chi connectivity index (χ1) is 56.1. The Hall–Kier alpha value is -9.62. The van der Waals surface area contributed by atoms with Crippen LogP contribution < -0.4 is 9.97 Å². The van der Waals surface area contributed by atoms with Gasteiger partial charge < -0.3 is 29.9 Å². The summed E-state index contributed by atoms with van der Waals surface area (Å²) >= 11 is 0. The number of fused-ring (bicyclic) bond motifs is 20. The van der Waals surface area contributed by atoms with Gasteiger partial charge in [0, 0.05) is 44.1 Å². The molecule has 8 nitrogen and oxygen atoms in total. The largest absolute Gasteiger partial charge is 2.00 e. The maximum Gasteiger partial charge on any atom is 2.00 e. The van der Waals surface area contributed by atoms with E-state index in [4.69, 9.17) is 0 Å². The molecule has 0 unspecified atom stereocenters. The molecule has 0 radical (unpaired) electrons. The van der Waals surface area contributed by atoms with E-state index in [1.165, 1.54) is 0 Å². The van der Waals surface area contributed by atoms with Crippen LogP contribution in [0.5, 0.6) is 0 Å². The SMILES string of the molecule is Fc1c2c(c(F)c(C(F)(C(F)(F)F)C(F)(F)F)c1C(F)(C(F)(F)F)C(F)(F)F)-c1nc-2nc2[n-]c(nc3nc(nc4[n-]c(n1)c1c(F)c(C(F)(C(F)(F)F)C(F)(F)F)c(C(F)(C(F)(F)F)C(F)(F)F)c(F)c41)-c1c(F)c(C(F)(C(F)(F)F)C(F)(F)F)c(C(F)(C(F)(F)F)C(F)(F)F)c(F)c1-3)c1c(F)c(C(F)(C(F)(F)F)C(F)(F)F)c(C(F)(C(F)(F)F)C(F)(F)F)c(F)c21.[Zn+2]. The topological polar surface area (TPSA) is 106 Å². The third kappa shape index (κ3) is 13.7.